The molecule has 0 unspecified atom stereocenters. The average molecular weight is 614 g/mol. The number of benzene rings is 2. The minimum Gasteiger partial charge on any atom is -0.491 e. The molecular weight excluding hydrogens is 589 g/mol. The third kappa shape index (κ3) is 7.24. The van der Waals surface area contributed by atoms with Crippen LogP contribution in [0.15, 0.2) is 24.3 Å². The second kappa shape index (κ2) is 11.6. The van der Waals surface area contributed by atoms with Gasteiger partial charge >= 0.3 is 6.09 Å². The SMILES string of the molecule is CC(C)(C)OC(=O)N1CC(COc2cc(C(N)=O)cc([N+](=O)[O-])c2Cl)(COc2cc(C(N)=O)cc([N+](=O)[O-])c2Cl)C1. The van der Waals surface area contributed by atoms with Gasteiger partial charge in [0.1, 0.15) is 30.3 Å². The number of hydrogen-bond donors (Lipinski definition) is 2. The number of nitrogens with two attached hydrogens (primary N) is 2. The molecular formula is C24H25Cl2N5O10. The van der Waals surface area contributed by atoms with Crippen LogP contribution < -0.4 is 20.9 Å². The number of ether oxygens (including phenoxy) is 3. The van der Waals surface area contributed by atoms with Crippen molar-refractivity contribution in [3.8, 4) is 11.5 Å². The van der Waals surface area contributed by atoms with Crippen molar-refractivity contribution in [1.29, 1.82) is 0 Å². The minimum atomic E-state index is -1.03. The monoisotopic (exact) mass is 613 g/mol. The first-order valence-electron chi connectivity index (χ1n) is 11.7. The topological polar surface area (TPSA) is 220 Å². The number of nitrogens with zero attached hydrogens (tertiary/aromatic N) is 3. The lowest BCUT2D eigenvalue weighted by atomic mass is 9.81. The summed E-state index contributed by atoms with van der Waals surface area (Å²) in [7, 11) is 0. The summed E-state index contributed by atoms with van der Waals surface area (Å²) in [6.07, 6.45) is -0.637. The van der Waals surface area contributed by atoms with Gasteiger partial charge < -0.3 is 30.6 Å². The highest BCUT2D eigenvalue weighted by Crippen LogP contribution is 2.40. The Hall–Kier alpha value is -4.37. The normalized spacial score (nSPS) is 14.0. The fourth-order valence-corrected chi connectivity index (χ4v) is 4.30. The van der Waals surface area contributed by atoms with E-state index < -0.39 is 60.2 Å². The Kier molecular flexibility index (Phi) is 8.83. The van der Waals surface area contributed by atoms with E-state index in [0.717, 1.165) is 24.3 Å². The zero-order valence-corrected chi connectivity index (χ0v) is 23.5. The second-order valence-corrected chi connectivity index (χ2v) is 11.0. The van der Waals surface area contributed by atoms with Crippen LogP contribution in [0.4, 0.5) is 16.2 Å². The average Bonchev–Trinajstić information content (AvgIpc) is 2.82. The molecule has 1 aliphatic heterocycles. The van der Waals surface area contributed by atoms with Gasteiger partial charge in [-0.1, -0.05) is 23.2 Å². The molecule has 0 spiro atoms. The van der Waals surface area contributed by atoms with Crippen molar-refractivity contribution >= 4 is 52.5 Å². The van der Waals surface area contributed by atoms with E-state index in [9.17, 15) is 34.6 Å². The zero-order chi connectivity index (χ0) is 30.9. The summed E-state index contributed by atoms with van der Waals surface area (Å²) >= 11 is 12.3. The Balaban J connectivity index is 1.93. The molecule has 15 nitrogen and oxygen atoms in total. The number of likely N-dealkylation sites (tertiary alicyclic amines) is 1. The van der Waals surface area contributed by atoms with E-state index in [1.54, 1.807) is 20.8 Å². The lowest BCUT2D eigenvalue weighted by Gasteiger charge is -2.49. The van der Waals surface area contributed by atoms with Crippen molar-refractivity contribution in [1.82, 2.24) is 4.90 Å². The van der Waals surface area contributed by atoms with Crippen molar-refractivity contribution in [3.05, 3.63) is 65.7 Å². The summed E-state index contributed by atoms with van der Waals surface area (Å²) in [5, 5.41) is 22.1. The van der Waals surface area contributed by atoms with Crippen molar-refractivity contribution in [2.75, 3.05) is 26.3 Å². The maximum atomic E-state index is 12.6. The van der Waals surface area contributed by atoms with Crippen molar-refractivity contribution < 1.29 is 38.4 Å². The van der Waals surface area contributed by atoms with E-state index in [0.29, 0.717) is 0 Å². The van der Waals surface area contributed by atoms with E-state index in [1.807, 2.05) is 0 Å². The van der Waals surface area contributed by atoms with Crippen molar-refractivity contribution in [3.63, 3.8) is 0 Å². The predicted octanol–water partition coefficient (Wildman–Crippen LogP) is 3.70. The van der Waals surface area contributed by atoms with Crippen LogP contribution in [0.5, 0.6) is 11.5 Å². The highest BCUT2D eigenvalue weighted by molar-refractivity contribution is 6.34. The summed E-state index contributed by atoms with van der Waals surface area (Å²) in [6, 6.07) is 4.08. The van der Waals surface area contributed by atoms with E-state index in [1.165, 1.54) is 4.90 Å². The number of rotatable bonds is 10. The Labute approximate surface area is 242 Å². The van der Waals surface area contributed by atoms with Crippen LogP contribution in [-0.4, -0.2) is 64.6 Å². The van der Waals surface area contributed by atoms with Crippen LogP contribution in [-0.2, 0) is 4.74 Å². The third-order valence-electron chi connectivity index (χ3n) is 5.77. The molecule has 3 rings (SSSR count). The lowest BCUT2D eigenvalue weighted by molar-refractivity contribution is -0.384. The van der Waals surface area contributed by atoms with Crippen molar-refractivity contribution in [2.24, 2.45) is 16.9 Å². The van der Waals surface area contributed by atoms with Gasteiger partial charge in [-0.3, -0.25) is 29.8 Å². The molecule has 2 aromatic rings. The van der Waals surface area contributed by atoms with Gasteiger partial charge in [-0.15, -0.1) is 0 Å². The van der Waals surface area contributed by atoms with Gasteiger partial charge in [0, 0.05) is 36.3 Å². The summed E-state index contributed by atoms with van der Waals surface area (Å²) in [5.74, 6) is -2.38. The van der Waals surface area contributed by atoms with Gasteiger partial charge in [0.25, 0.3) is 11.4 Å². The molecule has 0 aromatic heterocycles. The maximum absolute atomic E-state index is 12.6. The minimum absolute atomic E-state index is 0.00758. The number of carbonyl (C=O) groups is 3. The highest BCUT2D eigenvalue weighted by atomic mass is 35.5. The predicted molar refractivity (Wildman–Crippen MR) is 144 cm³/mol. The number of primary amides is 2. The smallest absolute Gasteiger partial charge is 0.410 e. The first kappa shape index (κ1) is 31.2. The molecule has 17 heteroatoms. The molecule has 2 aromatic carbocycles. The summed E-state index contributed by atoms with van der Waals surface area (Å²) < 4.78 is 16.9. The van der Waals surface area contributed by atoms with Crippen molar-refractivity contribution in [2.45, 2.75) is 26.4 Å². The Bertz CT molecular complexity index is 1350. The molecule has 1 heterocycles. The highest BCUT2D eigenvalue weighted by Gasteiger charge is 2.48. The van der Waals surface area contributed by atoms with Gasteiger partial charge in [0.15, 0.2) is 10.0 Å². The van der Waals surface area contributed by atoms with Gasteiger partial charge in [0.2, 0.25) is 11.8 Å². The van der Waals surface area contributed by atoms with Gasteiger partial charge in [-0.2, -0.15) is 0 Å². The number of halogens is 2. The molecule has 0 radical (unpaired) electrons. The molecule has 1 aliphatic rings. The van der Waals surface area contributed by atoms with Crippen LogP contribution in [0.1, 0.15) is 41.5 Å². The molecule has 220 valence electrons. The molecule has 4 N–H and O–H groups in total. The molecule has 41 heavy (non-hydrogen) atoms. The van der Waals surface area contributed by atoms with E-state index in [-0.39, 0.29) is 48.9 Å². The number of hydrogen-bond acceptors (Lipinski definition) is 10. The van der Waals surface area contributed by atoms with Crippen LogP contribution in [0.3, 0.4) is 0 Å². The molecule has 0 atom stereocenters. The fourth-order valence-electron chi connectivity index (χ4n) is 3.83. The number of nitro benzene ring substituents is 2. The molecule has 0 bridgehead atoms. The Morgan fingerprint density at radius 1 is 0.878 bits per heavy atom. The first-order valence-corrected chi connectivity index (χ1v) is 12.5. The largest absolute Gasteiger partial charge is 0.491 e. The first-order chi connectivity index (χ1) is 18.9. The third-order valence-corrected chi connectivity index (χ3v) is 6.53. The summed E-state index contributed by atoms with van der Waals surface area (Å²) in [5.41, 5.74) is 7.06. The molecule has 0 saturated carbocycles. The fraction of sp³-hybridized carbons (Fsp3) is 0.375. The number of amides is 3. The number of carbonyl (C=O) groups excluding carboxylic acids is 3. The molecule has 3 amide bonds. The quantitative estimate of drug-likeness (QED) is 0.292. The van der Waals surface area contributed by atoms with Crippen LogP contribution in [0.25, 0.3) is 0 Å². The van der Waals surface area contributed by atoms with Gasteiger partial charge in [-0.25, -0.2) is 4.79 Å². The summed E-state index contributed by atoms with van der Waals surface area (Å²) in [6.45, 7) is 4.52. The van der Waals surface area contributed by atoms with E-state index in [4.69, 9.17) is 48.9 Å². The van der Waals surface area contributed by atoms with Gasteiger partial charge in [0.05, 0.1) is 15.3 Å². The maximum Gasteiger partial charge on any atom is 0.410 e. The van der Waals surface area contributed by atoms with E-state index >= 15 is 0 Å². The van der Waals surface area contributed by atoms with E-state index in [2.05, 4.69) is 0 Å². The standard InChI is InChI=1S/C24H25Cl2N5O10/c1-23(2,3)41-22(34)29-8-24(9-29,10-39-16-6-12(20(27)32)4-14(18(16)25)30(35)36)11-40-17-7-13(21(28)33)5-15(19(17)26)31(37)38/h4-7H,8-11H2,1-3H3,(H2,27,32)(H2,28,33). The lowest BCUT2D eigenvalue weighted by Crippen LogP contribution is -2.64. The Morgan fingerprint density at radius 3 is 1.59 bits per heavy atom. The molecule has 1 saturated heterocycles. The number of nitro groups is 2. The molecule has 1 fully saturated rings. The zero-order valence-electron chi connectivity index (χ0n) is 22.0. The van der Waals surface area contributed by atoms with Gasteiger partial charge in [-0.05, 0) is 32.9 Å². The second-order valence-electron chi connectivity index (χ2n) is 10.3. The van der Waals surface area contributed by atoms with Crippen LogP contribution in [0.2, 0.25) is 10.0 Å². The van der Waals surface area contributed by atoms with Crippen LogP contribution >= 0.6 is 23.2 Å². The summed E-state index contributed by atoms with van der Waals surface area (Å²) in [4.78, 5) is 58.6. The Morgan fingerprint density at radius 2 is 1.27 bits per heavy atom. The molecule has 0 aliphatic carbocycles. The van der Waals surface area contributed by atoms with Crippen LogP contribution in [0, 0.1) is 25.6 Å².